The molecule has 0 radical (unpaired) electrons. The van der Waals surface area contributed by atoms with Gasteiger partial charge in [0.05, 0.1) is 5.29 Å². The molecule has 1 N–H and O–H groups in total. The summed E-state index contributed by atoms with van der Waals surface area (Å²) in [6.07, 6.45) is 0. The largest absolute Gasteiger partial charge is 0.288 e. The van der Waals surface area contributed by atoms with Crippen molar-refractivity contribution < 1.29 is 8.76 Å². The van der Waals surface area contributed by atoms with Gasteiger partial charge in [0.2, 0.25) is 0 Å². The van der Waals surface area contributed by atoms with Gasteiger partial charge in [0, 0.05) is 7.05 Å². The maximum Gasteiger partial charge on any atom is 0.280 e. The van der Waals surface area contributed by atoms with Crippen LogP contribution in [0.4, 0.5) is 0 Å². The molecule has 0 aliphatic rings. The smallest absolute Gasteiger partial charge is 0.280 e. The summed E-state index contributed by atoms with van der Waals surface area (Å²) >= 11 is -2.26. The molecular formula is CH4N2O3S. The molecule has 0 aliphatic carbocycles. The second-order valence-electron chi connectivity index (χ2n) is 0.777. The molecule has 1 unspecified atom stereocenters. The number of nitrogens with zero attached hydrogens (tertiary/aromatic N) is 2. The van der Waals surface area contributed by atoms with Crippen molar-refractivity contribution in [1.29, 1.82) is 0 Å². The highest BCUT2D eigenvalue weighted by Crippen LogP contribution is 1.82. The van der Waals surface area contributed by atoms with Crippen molar-refractivity contribution in [3.8, 4) is 0 Å². The Morgan fingerprint density at radius 3 is 2.29 bits per heavy atom. The van der Waals surface area contributed by atoms with Crippen LogP contribution in [0.5, 0.6) is 0 Å². The molecular weight excluding hydrogens is 120 g/mol. The molecule has 0 aliphatic heterocycles. The van der Waals surface area contributed by atoms with Gasteiger partial charge in [-0.15, -0.1) is 4.91 Å². The van der Waals surface area contributed by atoms with E-state index in [2.05, 4.69) is 5.29 Å². The van der Waals surface area contributed by atoms with Crippen molar-refractivity contribution in [2.24, 2.45) is 5.29 Å². The third-order valence-corrected chi connectivity index (χ3v) is 0.860. The molecule has 6 heteroatoms. The van der Waals surface area contributed by atoms with E-state index in [1.54, 1.807) is 0 Å². The number of rotatable bonds is 2. The summed E-state index contributed by atoms with van der Waals surface area (Å²) in [5.74, 6) is 0. The van der Waals surface area contributed by atoms with Crippen LogP contribution in [0.15, 0.2) is 5.29 Å². The summed E-state index contributed by atoms with van der Waals surface area (Å²) < 4.78 is 18.0. The van der Waals surface area contributed by atoms with Crippen molar-refractivity contribution in [3.05, 3.63) is 4.91 Å². The van der Waals surface area contributed by atoms with Crippen LogP contribution in [0, 0.1) is 4.91 Å². The SMILES string of the molecule is CN(N=O)S(=O)O. The number of hydrogen-bond donors (Lipinski definition) is 1. The third kappa shape index (κ3) is 2.24. The third-order valence-electron chi connectivity index (χ3n) is 0.341. The van der Waals surface area contributed by atoms with E-state index in [-0.39, 0.29) is 0 Å². The second-order valence-corrected chi connectivity index (χ2v) is 1.77. The molecule has 0 heterocycles. The van der Waals surface area contributed by atoms with E-state index in [1.165, 1.54) is 0 Å². The molecule has 0 spiro atoms. The average molecular weight is 124 g/mol. The topological polar surface area (TPSA) is 70.0 Å². The second kappa shape index (κ2) is 2.64. The summed E-state index contributed by atoms with van der Waals surface area (Å²) in [6.45, 7) is 0. The number of hydrogen-bond acceptors (Lipinski definition) is 3. The Hall–Kier alpha value is -0.490. The van der Waals surface area contributed by atoms with Crippen LogP contribution in [0.1, 0.15) is 0 Å². The van der Waals surface area contributed by atoms with Crippen LogP contribution in [0.2, 0.25) is 0 Å². The Morgan fingerprint density at radius 2 is 2.29 bits per heavy atom. The highest BCUT2D eigenvalue weighted by Gasteiger charge is 1.97. The van der Waals surface area contributed by atoms with Gasteiger partial charge in [-0.3, -0.25) is 4.55 Å². The summed E-state index contributed by atoms with van der Waals surface area (Å²) in [7, 11) is 1.10. The molecule has 1 atom stereocenters. The fourth-order valence-electron chi connectivity index (χ4n) is 0.0285. The van der Waals surface area contributed by atoms with Crippen LogP contribution in [0.25, 0.3) is 0 Å². The highest BCUT2D eigenvalue weighted by molar-refractivity contribution is 7.76. The zero-order valence-corrected chi connectivity index (χ0v) is 4.38. The van der Waals surface area contributed by atoms with Gasteiger partial charge in [-0.05, 0) is 0 Å². The quantitative estimate of drug-likeness (QED) is 0.313. The first-order valence-corrected chi connectivity index (χ1v) is 2.43. The van der Waals surface area contributed by atoms with Crippen molar-refractivity contribution in [2.75, 3.05) is 7.05 Å². The van der Waals surface area contributed by atoms with Gasteiger partial charge in [0.15, 0.2) is 0 Å². The lowest BCUT2D eigenvalue weighted by molar-refractivity contribution is 0.461. The first-order valence-electron chi connectivity index (χ1n) is 1.36. The molecule has 0 aromatic carbocycles. The molecule has 0 saturated carbocycles. The minimum absolute atomic E-state index is 0.389. The molecule has 0 aromatic rings. The van der Waals surface area contributed by atoms with Crippen molar-refractivity contribution in [2.45, 2.75) is 0 Å². The maximum absolute atomic E-state index is 9.67. The van der Waals surface area contributed by atoms with Gasteiger partial charge in [-0.1, -0.05) is 0 Å². The standard InChI is InChI=1S/CH4N2O3S/c1-3(2-4)7(5)6/h1H3,(H,5,6). The average Bonchev–Trinajstić information content (AvgIpc) is 1.65. The van der Waals surface area contributed by atoms with Gasteiger partial charge < -0.3 is 0 Å². The Balaban J connectivity index is 3.55. The molecule has 0 fully saturated rings. The van der Waals surface area contributed by atoms with Crippen LogP contribution in [0.3, 0.4) is 0 Å². The van der Waals surface area contributed by atoms with E-state index in [4.69, 9.17) is 4.55 Å². The number of nitroso groups, excluding NO2 is 1. The molecule has 0 saturated heterocycles. The molecule has 0 amide bonds. The predicted molar refractivity (Wildman–Crippen MR) is 24.3 cm³/mol. The van der Waals surface area contributed by atoms with E-state index >= 15 is 0 Å². The fraction of sp³-hybridized carbons (Fsp3) is 1.00. The fourth-order valence-corrected chi connectivity index (χ4v) is 0.0855. The van der Waals surface area contributed by atoms with Gasteiger partial charge in [-0.2, -0.15) is 4.41 Å². The zero-order chi connectivity index (χ0) is 5.86. The monoisotopic (exact) mass is 124 g/mol. The van der Waals surface area contributed by atoms with Crippen LogP contribution in [-0.2, 0) is 11.3 Å². The Labute approximate surface area is 42.7 Å². The van der Waals surface area contributed by atoms with Crippen LogP contribution in [-0.4, -0.2) is 20.2 Å². The lowest BCUT2D eigenvalue weighted by atomic mass is 11.5. The van der Waals surface area contributed by atoms with Gasteiger partial charge >= 0.3 is 0 Å². The van der Waals surface area contributed by atoms with Crippen molar-refractivity contribution >= 4 is 11.3 Å². The van der Waals surface area contributed by atoms with Gasteiger partial charge in [0.25, 0.3) is 11.3 Å². The molecule has 0 rings (SSSR count). The first-order chi connectivity index (χ1) is 3.18. The summed E-state index contributed by atoms with van der Waals surface area (Å²) in [6, 6.07) is 0. The zero-order valence-electron chi connectivity index (χ0n) is 3.57. The van der Waals surface area contributed by atoms with Crippen LogP contribution >= 0.6 is 0 Å². The lowest BCUT2D eigenvalue weighted by Crippen LogP contribution is -2.11. The van der Waals surface area contributed by atoms with Crippen molar-refractivity contribution in [3.63, 3.8) is 0 Å². The maximum atomic E-state index is 9.67. The molecule has 0 bridgehead atoms. The van der Waals surface area contributed by atoms with E-state index < -0.39 is 11.3 Å². The highest BCUT2D eigenvalue weighted by atomic mass is 32.2. The van der Waals surface area contributed by atoms with Gasteiger partial charge in [-0.25, -0.2) is 4.21 Å². The first kappa shape index (κ1) is 6.51. The molecule has 5 nitrogen and oxygen atoms in total. The summed E-state index contributed by atoms with van der Waals surface area (Å²) in [5.41, 5.74) is 0. The normalized spacial score (nSPS) is 12.9. The predicted octanol–water partition coefficient (Wildman–Crippen LogP) is -0.264. The Morgan fingerprint density at radius 1 is 1.86 bits per heavy atom. The molecule has 42 valence electrons. The van der Waals surface area contributed by atoms with E-state index in [9.17, 15) is 9.12 Å². The lowest BCUT2D eigenvalue weighted by Gasteiger charge is -1.96. The van der Waals surface area contributed by atoms with Crippen molar-refractivity contribution in [1.82, 2.24) is 4.41 Å². The summed E-state index contributed by atoms with van der Waals surface area (Å²) in [4.78, 5) is 9.27. The molecule has 7 heavy (non-hydrogen) atoms. The summed E-state index contributed by atoms with van der Waals surface area (Å²) in [5, 5.41) is 2.12. The molecule has 0 aromatic heterocycles. The van der Waals surface area contributed by atoms with E-state index in [1.807, 2.05) is 0 Å². The Bertz CT molecular complexity index is 92.9. The van der Waals surface area contributed by atoms with Gasteiger partial charge in [0.1, 0.15) is 0 Å². The van der Waals surface area contributed by atoms with E-state index in [0.29, 0.717) is 4.41 Å². The Kier molecular flexibility index (Phi) is 2.46. The minimum atomic E-state index is -2.26. The van der Waals surface area contributed by atoms with E-state index in [0.717, 1.165) is 7.05 Å². The van der Waals surface area contributed by atoms with Crippen LogP contribution < -0.4 is 0 Å². The minimum Gasteiger partial charge on any atom is -0.288 e.